The second-order valence-corrected chi connectivity index (χ2v) is 6.56. The van der Waals surface area contributed by atoms with Gasteiger partial charge < -0.3 is 4.90 Å². The third-order valence-electron chi connectivity index (χ3n) is 3.00. The van der Waals surface area contributed by atoms with Crippen molar-refractivity contribution in [3.63, 3.8) is 0 Å². The Morgan fingerprint density at radius 3 is 2.19 bits per heavy atom. The fourth-order valence-electron chi connectivity index (χ4n) is 1.93. The van der Waals surface area contributed by atoms with Crippen LogP contribution in [0.25, 0.3) is 0 Å². The Bertz CT molecular complexity index is 343. The van der Waals surface area contributed by atoms with Gasteiger partial charge in [0, 0.05) is 33.1 Å². The molecule has 0 aromatic carbocycles. The molecular weight excluding hydrogens is 228 g/mol. The summed E-state index contributed by atoms with van der Waals surface area (Å²) in [6, 6.07) is 0. The van der Waals surface area contributed by atoms with E-state index < -0.39 is 10.0 Å². The van der Waals surface area contributed by atoms with E-state index in [2.05, 4.69) is 0 Å². The maximum absolute atomic E-state index is 11.7. The number of hydrogen-bond donors (Lipinski definition) is 0. The molecule has 1 amide bonds. The summed E-state index contributed by atoms with van der Waals surface area (Å²) in [6.07, 6.45) is 1.27. The highest BCUT2D eigenvalue weighted by Gasteiger charge is 2.30. The van der Waals surface area contributed by atoms with E-state index in [1.807, 2.05) is 0 Å². The molecule has 16 heavy (non-hydrogen) atoms. The molecule has 0 radical (unpaired) electrons. The minimum absolute atomic E-state index is 0.0155. The lowest BCUT2D eigenvalue weighted by atomic mass is 9.97. The fraction of sp³-hybridized carbons (Fsp3) is 0.900. The second-order valence-electron chi connectivity index (χ2n) is 4.31. The van der Waals surface area contributed by atoms with Crippen molar-refractivity contribution in [3.05, 3.63) is 0 Å². The van der Waals surface area contributed by atoms with Gasteiger partial charge in [-0.05, 0) is 19.8 Å². The lowest BCUT2D eigenvalue weighted by Gasteiger charge is -2.31. The molecule has 0 saturated carbocycles. The summed E-state index contributed by atoms with van der Waals surface area (Å²) < 4.78 is 24.7. The number of nitrogens with zero attached hydrogens (tertiary/aromatic N) is 2. The molecule has 0 N–H and O–H groups in total. The molecule has 1 heterocycles. The Balaban J connectivity index is 2.55. The third-order valence-corrected chi connectivity index (χ3v) is 4.88. The van der Waals surface area contributed by atoms with Crippen molar-refractivity contribution in [2.75, 3.05) is 32.9 Å². The summed E-state index contributed by atoms with van der Waals surface area (Å²) in [5, 5.41) is 0. The van der Waals surface area contributed by atoms with Crippen molar-refractivity contribution in [1.82, 2.24) is 9.21 Å². The van der Waals surface area contributed by atoms with Crippen LogP contribution in [0.2, 0.25) is 0 Å². The smallest absolute Gasteiger partial charge is 0.225 e. The Morgan fingerprint density at radius 2 is 1.81 bits per heavy atom. The maximum Gasteiger partial charge on any atom is 0.225 e. The number of carbonyl (C=O) groups excluding carboxylic acids is 1. The third kappa shape index (κ3) is 2.95. The average Bonchev–Trinajstić information content (AvgIpc) is 2.28. The zero-order valence-electron chi connectivity index (χ0n) is 10.1. The van der Waals surface area contributed by atoms with Gasteiger partial charge in [-0.1, -0.05) is 0 Å². The van der Waals surface area contributed by atoms with Gasteiger partial charge in [0.05, 0.1) is 5.75 Å². The lowest BCUT2D eigenvalue weighted by Crippen LogP contribution is -2.43. The van der Waals surface area contributed by atoms with Crippen LogP contribution in [0.15, 0.2) is 0 Å². The monoisotopic (exact) mass is 248 g/mol. The molecule has 1 aliphatic rings. The maximum atomic E-state index is 11.7. The molecule has 0 aromatic heterocycles. The van der Waals surface area contributed by atoms with Crippen molar-refractivity contribution in [2.24, 2.45) is 5.92 Å². The normalized spacial score (nSPS) is 19.7. The summed E-state index contributed by atoms with van der Waals surface area (Å²) in [5.74, 6) is 0.228. The van der Waals surface area contributed by atoms with E-state index in [9.17, 15) is 13.2 Å². The summed E-state index contributed by atoms with van der Waals surface area (Å²) in [4.78, 5) is 13.3. The molecule has 1 fully saturated rings. The van der Waals surface area contributed by atoms with Crippen LogP contribution in [0.5, 0.6) is 0 Å². The highest BCUT2D eigenvalue weighted by molar-refractivity contribution is 7.89. The van der Waals surface area contributed by atoms with Gasteiger partial charge in [0.2, 0.25) is 15.9 Å². The highest BCUT2D eigenvalue weighted by atomic mass is 32.2. The summed E-state index contributed by atoms with van der Waals surface area (Å²) in [5.41, 5.74) is 0. The molecule has 1 rings (SSSR count). The van der Waals surface area contributed by atoms with Gasteiger partial charge in [-0.3, -0.25) is 4.79 Å². The number of rotatable bonds is 3. The molecule has 6 heteroatoms. The summed E-state index contributed by atoms with van der Waals surface area (Å²) >= 11 is 0. The molecule has 1 aliphatic heterocycles. The first kappa shape index (κ1) is 13.4. The Morgan fingerprint density at radius 1 is 1.31 bits per heavy atom. The van der Waals surface area contributed by atoms with Crippen molar-refractivity contribution < 1.29 is 13.2 Å². The predicted molar refractivity (Wildman–Crippen MR) is 62.5 cm³/mol. The Hall–Kier alpha value is -0.620. The molecule has 5 nitrogen and oxygen atoms in total. The number of piperidine rings is 1. The van der Waals surface area contributed by atoms with Crippen molar-refractivity contribution in [3.8, 4) is 0 Å². The quantitative estimate of drug-likeness (QED) is 0.713. The number of amides is 1. The minimum atomic E-state index is -3.08. The van der Waals surface area contributed by atoms with Gasteiger partial charge in [-0.2, -0.15) is 0 Å². The Kier molecular flexibility index (Phi) is 4.32. The first-order chi connectivity index (χ1) is 7.38. The molecule has 0 aliphatic carbocycles. The standard InChI is InChI=1S/C10H20N2O3S/c1-4-16(14,15)12-7-5-9(6-8-12)10(13)11(2)3/h9H,4-8H2,1-3H3. The number of carbonyl (C=O) groups is 1. The van der Waals surface area contributed by atoms with Crippen molar-refractivity contribution >= 4 is 15.9 Å². The van der Waals surface area contributed by atoms with Crippen molar-refractivity contribution in [2.45, 2.75) is 19.8 Å². The molecule has 94 valence electrons. The minimum Gasteiger partial charge on any atom is -0.349 e. The zero-order chi connectivity index (χ0) is 12.3. The molecule has 0 unspecified atom stereocenters. The first-order valence-electron chi connectivity index (χ1n) is 5.57. The SMILES string of the molecule is CCS(=O)(=O)N1CCC(C(=O)N(C)C)CC1. The van der Waals surface area contributed by atoms with Gasteiger partial charge in [0.1, 0.15) is 0 Å². The van der Waals surface area contributed by atoms with Crippen LogP contribution >= 0.6 is 0 Å². The van der Waals surface area contributed by atoms with Gasteiger partial charge in [0.15, 0.2) is 0 Å². The average molecular weight is 248 g/mol. The summed E-state index contributed by atoms with van der Waals surface area (Å²) in [6.45, 7) is 2.59. The highest BCUT2D eigenvalue weighted by Crippen LogP contribution is 2.21. The predicted octanol–water partition coefficient (Wildman–Crippen LogP) is 0.136. The number of hydrogen-bond acceptors (Lipinski definition) is 3. The second kappa shape index (κ2) is 5.14. The molecule has 0 bridgehead atoms. The largest absolute Gasteiger partial charge is 0.349 e. The van der Waals surface area contributed by atoms with E-state index in [0.29, 0.717) is 25.9 Å². The van der Waals surface area contributed by atoms with E-state index in [-0.39, 0.29) is 17.6 Å². The van der Waals surface area contributed by atoms with Gasteiger partial charge in [-0.25, -0.2) is 12.7 Å². The Labute approximate surface area is 97.5 Å². The van der Waals surface area contributed by atoms with Crippen molar-refractivity contribution in [1.29, 1.82) is 0 Å². The van der Waals surface area contributed by atoms with E-state index in [0.717, 1.165) is 0 Å². The molecular formula is C10H20N2O3S. The zero-order valence-corrected chi connectivity index (χ0v) is 11.0. The topological polar surface area (TPSA) is 57.7 Å². The van der Waals surface area contributed by atoms with Crippen LogP contribution in [0, 0.1) is 5.92 Å². The fourth-order valence-corrected chi connectivity index (χ4v) is 3.06. The molecule has 0 atom stereocenters. The van der Waals surface area contributed by atoms with Gasteiger partial charge in [0.25, 0.3) is 0 Å². The van der Waals surface area contributed by atoms with E-state index in [1.54, 1.807) is 25.9 Å². The van der Waals surface area contributed by atoms with Crippen LogP contribution in [-0.2, 0) is 14.8 Å². The van der Waals surface area contributed by atoms with Gasteiger partial charge in [-0.15, -0.1) is 0 Å². The molecule has 0 aromatic rings. The van der Waals surface area contributed by atoms with E-state index >= 15 is 0 Å². The van der Waals surface area contributed by atoms with Crippen LogP contribution in [0.3, 0.4) is 0 Å². The van der Waals surface area contributed by atoms with E-state index in [1.165, 1.54) is 4.31 Å². The van der Waals surface area contributed by atoms with Crippen LogP contribution < -0.4 is 0 Å². The molecule has 1 saturated heterocycles. The molecule has 0 spiro atoms. The van der Waals surface area contributed by atoms with Crippen LogP contribution in [0.4, 0.5) is 0 Å². The van der Waals surface area contributed by atoms with Gasteiger partial charge >= 0.3 is 0 Å². The van der Waals surface area contributed by atoms with Crippen LogP contribution in [-0.4, -0.2) is 56.5 Å². The first-order valence-corrected chi connectivity index (χ1v) is 7.18. The lowest BCUT2D eigenvalue weighted by molar-refractivity contribution is -0.134. The van der Waals surface area contributed by atoms with Crippen LogP contribution in [0.1, 0.15) is 19.8 Å². The van der Waals surface area contributed by atoms with E-state index in [4.69, 9.17) is 0 Å². The number of sulfonamides is 1. The summed E-state index contributed by atoms with van der Waals surface area (Å²) in [7, 11) is 0.385.